The molecule has 27 heavy (non-hydrogen) atoms. The van der Waals surface area contributed by atoms with Gasteiger partial charge in [0.25, 0.3) is 0 Å². The average molecular weight is 390 g/mol. The third-order valence-electron chi connectivity index (χ3n) is 3.58. The number of amides is 2. The Morgan fingerprint density at radius 3 is 2.07 bits per heavy atom. The lowest BCUT2D eigenvalue weighted by Gasteiger charge is -2.19. The summed E-state index contributed by atoms with van der Waals surface area (Å²) in [5.41, 5.74) is 1.67. The van der Waals surface area contributed by atoms with E-state index in [2.05, 4.69) is 5.32 Å². The predicted octanol–water partition coefficient (Wildman–Crippen LogP) is 1.99. The molecule has 1 atom stereocenters. The summed E-state index contributed by atoms with van der Waals surface area (Å²) in [6.45, 7) is 1.19. The molecule has 2 rings (SSSR count). The number of hydrogen-bond donors (Lipinski definition) is 2. The van der Waals surface area contributed by atoms with Crippen LogP contribution in [0.2, 0.25) is 0 Å². The lowest BCUT2D eigenvalue weighted by Crippen LogP contribution is -2.45. The Bertz CT molecular complexity index is 854. The first-order chi connectivity index (χ1) is 12.8. The van der Waals surface area contributed by atoms with Gasteiger partial charge in [0, 0.05) is 6.92 Å². The smallest absolute Gasteiger partial charge is 0.407 e. The van der Waals surface area contributed by atoms with Crippen LogP contribution in [-0.4, -0.2) is 32.2 Å². The van der Waals surface area contributed by atoms with Gasteiger partial charge >= 0.3 is 6.09 Å². The Labute approximate surface area is 158 Å². The number of carbonyl (C=O) groups is 2. The van der Waals surface area contributed by atoms with E-state index in [0.717, 1.165) is 18.1 Å². The van der Waals surface area contributed by atoms with Gasteiger partial charge in [0.1, 0.15) is 6.61 Å². The molecule has 0 spiro atoms. The van der Waals surface area contributed by atoms with Gasteiger partial charge in [-0.15, -0.1) is 0 Å². The molecule has 2 amide bonds. The van der Waals surface area contributed by atoms with Crippen molar-refractivity contribution in [3.8, 4) is 0 Å². The monoisotopic (exact) mass is 390 g/mol. The number of alkyl carbamates (subject to hydrolysis) is 1. The van der Waals surface area contributed by atoms with Gasteiger partial charge in [-0.25, -0.2) is 13.2 Å². The summed E-state index contributed by atoms with van der Waals surface area (Å²) >= 11 is 0. The Kier molecular flexibility index (Phi) is 7.36. The van der Waals surface area contributed by atoms with E-state index in [1.165, 1.54) is 0 Å². The molecule has 144 valence electrons. The van der Waals surface area contributed by atoms with Crippen molar-refractivity contribution in [1.82, 2.24) is 10.0 Å². The van der Waals surface area contributed by atoms with Crippen LogP contribution in [0.1, 0.15) is 18.1 Å². The second kappa shape index (κ2) is 9.72. The Hall–Kier alpha value is -2.87. The van der Waals surface area contributed by atoms with Crippen molar-refractivity contribution in [3.05, 3.63) is 71.8 Å². The Morgan fingerprint density at radius 1 is 0.963 bits per heavy atom. The maximum atomic E-state index is 12.1. The van der Waals surface area contributed by atoms with Crippen LogP contribution < -0.4 is 10.0 Å². The minimum absolute atomic E-state index is 0.0726. The fourth-order valence-corrected chi connectivity index (χ4v) is 3.76. The molecular formula is C19H22N2O5S. The fraction of sp³-hybridized carbons (Fsp3) is 0.263. The maximum absolute atomic E-state index is 12.1. The molecule has 2 N–H and O–H groups in total. The number of benzene rings is 2. The van der Waals surface area contributed by atoms with Gasteiger partial charge in [-0.05, 0) is 17.5 Å². The first-order valence-electron chi connectivity index (χ1n) is 8.36. The SMILES string of the molecule is CC(=O)NS(=O)(=O)C[C@H](Cc1ccccc1)NC(=O)OCc1ccccc1. The second-order valence-electron chi connectivity index (χ2n) is 6.03. The molecule has 2 aromatic carbocycles. The normalized spacial score (nSPS) is 12.0. The Balaban J connectivity index is 2.02. The average Bonchev–Trinajstić information content (AvgIpc) is 2.60. The van der Waals surface area contributed by atoms with Crippen molar-refractivity contribution in [2.24, 2.45) is 0 Å². The van der Waals surface area contributed by atoms with Crippen molar-refractivity contribution >= 4 is 22.0 Å². The van der Waals surface area contributed by atoms with E-state index in [0.29, 0.717) is 0 Å². The molecular weight excluding hydrogens is 368 g/mol. The van der Waals surface area contributed by atoms with E-state index in [1.54, 1.807) is 0 Å². The lowest BCUT2D eigenvalue weighted by atomic mass is 10.1. The molecule has 0 aromatic heterocycles. The molecule has 0 fully saturated rings. The van der Waals surface area contributed by atoms with E-state index in [9.17, 15) is 18.0 Å². The van der Waals surface area contributed by atoms with Crippen LogP contribution in [0.3, 0.4) is 0 Å². The van der Waals surface area contributed by atoms with Gasteiger partial charge in [-0.3, -0.25) is 9.52 Å². The molecule has 8 heteroatoms. The Morgan fingerprint density at radius 2 is 1.52 bits per heavy atom. The number of sulfonamides is 1. The highest BCUT2D eigenvalue weighted by molar-refractivity contribution is 7.90. The lowest BCUT2D eigenvalue weighted by molar-refractivity contribution is -0.117. The van der Waals surface area contributed by atoms with Crippen LogP contribution in [0, 0.1) is 0 Å². The van der Waals surface area contributed by atoms with Crippen molar-refractivity contribution in [2.75, 3.05) is 5.75 Å². The highest BCUT2D eigenvalue weighted by Gasteiger charge is 2.23. The molecule has 0 aliphatic heterocycles. The van der Waals surface area contributed by atoms with Crippen LogP contribution >= 0.6 is 0 Å². The molecule has 0 saturated carbocycles. The van der Waals surface area contributed by atoms with Gasteiger partial charge in [0.05, 0.1) is 11.8 Å². The summed E-state index contributed by atoms with van der Waals surface area (Å²) in [4.78, 5) is 23.2. The third kappa shape index (κ3) is 7.91. The topological polar surface area (TPSA) is 102 Å². The van der Waals surface area contributed by atoms with Crippen molar-refractivity contribution in [3.63, 3.8) is 0 Å². The molecule has 0 heterocycles. The number of ether oxygens (including phenoxy) is 1. The molecule has 7 nitrogen and oxygen atoms in total. The highest BCUT2D eigenvalue weighted by Crippen LogP contribution is 2.07. The molecule has 0 aliphatic rings. The number of nitrogens with one attached hydrogen (secondary N) is 2. The largest absolute Gasteiger partial charge is 0.445 e. The highest BCUT2D eigenvalue weighted by atomic mass is 32.2. The minimum atomic E-state index is -3.88. The molecule has 0 unspecified atom stereocenters. The van der Waals surface area contributed by atoms with E-state index >= 15 is 0 Å². The summed E-state index contributed by atoms with van der Waals surface area (Å²) in [5, 5.41) is 2.57. The van der Waals surface area contributed by atoms with Crippen molar-refractivity contribution < 1.29 is 22.7 Å². The van der Waals surface area contributed by atoms with Gasteiger partial charge in [-0.2, -0.15) is 0 Å². The fourth-order valence-electron chi connectivity index (χ4n) is 2.51. The maximum Gasteiger partial charge on any atom is 0.407 e. The summed E-state index contributed by atoms with van der Waals surface area (Å²) in [6.07, 6.45) is -0.446. The molecule has 0 aliphatic carbocycles. The van der Waals surface area contributed by atoms with Crippen LogP contribution in [0.5, 0.6) is 0 Å². The number of carbonyl (C=O) groups excluding carboxylic acids is 2. The first kappa shape index (κ1) is 20.4. The molecule has 2 aromatic rings. The molecule has 0 bridgehead atoms. The summed E-state index contributed by atoms with van der Waals surface area (Å²) in [7, 11) is -3.88. The molecule has 0 radical (unpaired) electrons. The van der Waals surface area contributed by atoms with Crippen LogP contribution in [0.4, 0.5) is 4.79 Å². The van der Waals surface area contributed by atoms with Gasteiger partial charge < -0.3 is 10.1 Å². The van der Waals surface area contributed by atoms with Gasteiger partial charge in [0.2, 0.25) is 15.9 Å². The zero-order valence-electron chi connectivity index (χ0n) is 14.9. The van der Waals surface area contributed by atoms with Gasteiger partial charge in [0.15, 0.2) is 0 Å². The van der Waals surface area contributed by atoms with Crippen molar-refractivity contribution in [2.45, 2.75) is 26.0 Å². The second-order valence-corrected chi connectivity index (χ2v) is 7.80. The van der Waals surface area contributed by atoms with Crippen molar-refractivity contribution in [1.29, 1.82) is 0 Å². The number of hydrogen-bond acceptors (Lipinski definition) is 5. The zero-order valence-corrected chi connectivity index (χ0v) is 15.7. The quantitative estimate of drug-likeness (QED) is 0.718. The first-order valence-corrected chi connectivity index (χ1v) is 10.0. The zero-order chi connectivity index (χ0) is 19.7. The minimum Gasteiger partial charge on any atom is -0.445 e. The van der Waals surface area contributed by atoms with E-state index in [4.69, 9.17) is 4.74 Å². The van der Waals surface area contributed by atoms with E-state index < -0.39 is 33.8 Å². The summed E-state index contributed by atoms with van der Waals surface area (Å²) in [6, 6.07) is 17.5. The van der Waals surface area contributed by atoms with E-state index in [-0.39, 0.29) is 13.0 Å². The van der Waals surface area contributed by atoms with E-state index in [1.807, 2.05) is 65.4 Å². The molecule has 0 saturated heterocycles. The standard InChI is InChI=1S/C19H22N2O5S/c1-15(22)21-27(24,25)14-18(12-16-8-4-2-5-9-16)20-19(23)26-13-17-10-6-3-7-11-17/h2-11,18H,12-14H2,1H3,(H,20,23)(H,21,22)/t18-/m0/s1. The number of rotatable bonds is 8. The van der Waals surface area contributed by atoms with Crippen LogP contribution in [-0.2, 0) is 32.6 Å². The van der Waals surface area contributed by atoms with Crippen LogP contribution in [0.25, 0.3) is 0 Å². The van der Waals surface area contributed by atoms with Gasteiger partial charge in [-0.1, -0.05) is 60.7 Å². The summed E-state index contributed by atoms with van der Waals surface area (Å²) < 4.78 is 31.2. The summed E-state index contributed by atoms with van der Waals surface area (Å²) in [5.74, 6) is -1.12. The van der Waals surface area contributed by atoms with Crippen LogP contribution in [0.15, 0.2) is 60.7 Å². The predicted molar refractivity (Wildman–Crippen MR) is 101 cm³/mol. The third-order valence-corrected chi connectivity index (χ3v) is 5.02.